The van der Waals surface area contributed by atoms with Gasteiger partial charge >= 0.3 is 0 Å². The van der Waals surface area contributed by atoms with Crippen molar-refractivity contribution in [3.63, 3.8) is 0 Å². The van der Waals surface area contributed by atoms with E-state index in [1.54, 1.807) is 47.7 Å². The number of hydrogen-bond donors (Lipinski definition) is 1. The van der Waals surface area contributed by atoms with Crippen molar-refractivity contribution in [1.29, 1.82) is 0 Å². The Morgan fingerprint density at radius 1 is 0.969 bits per heavy atom. The first kappa shape index (κ1) is 22.9. The molecule has 0 aliphatic carbocycles. The fourth-order valence-corrected chi connectivity index (χ4v) is 6.46. The lowest BCUT2D eigenvalue weighted by Gasteiger charge is -2.42. The third-order valence-corrected chi connectivity index (χ3v) is 8.40. The van der Waals surface area contributed by atoms with Crippen LogP contribution in [0.25, 0.3) is 0 Å². The average molecular weight is 474 g/mol. The van der Waals surface area contributed by atoms with E-state index in [0.717, 1.165) is 10.4 Å². The number of sulfonamides is 1. The molecule has 1 aliphatic rings. The summed E-state index contributed by atoms with van der Waals surface area (Å²) in [6, 6.07) is 17.3. The summed E-state index contributed by atoms with van der Waals surface area (Å²) in [5.74, 6) is -0.213. The van der Waals surface area contributed by atoms with Gasteiger partial charge in [0, 0.05) is 37.1 Å². The number of nitrogens with one attached hydrogen (secondary N) is 1. The number of rotatable bonds is 7. The molecule has 1 aromatic heterocycles. The Hall–Kier alpha value is -2.26. The molecule has 170 valence electrons. The Labute approximate surface area is 193 Å². The van der Waals surface area contributed by atoms with E-state index in [1.165, 1.54) is 6.07 Å². The van der Waals surface area contributed by atoms with Crippen molar-refractivity contribution in [1.82, 2.24) is 9.62 Å². The van der Waals surface area contributed by atoms with Gasteiger partial charge < -0.3 is 4.90 Å². The monoisotopic (exact) mass is 473 g/mol. The van der Waals surface area contributed by atoms with Crippen LogP contribution in [0.4, 0.5) is 10.1 Å². The number of thiophene rings is 1. The Morgan fingerprint density at radius 3 is 2.28 bits per heavy atom. The summed E-state index contributed by atoms with van der Waals surface area (Å²) in [5, 5.41) is 2.01. The zero-order valence-electron chi connectivity index (χ0n) is 18.2. The zero-order chi connectivity index (χ0) is 22.7. The molecule has 1 aliphatic heterocycles. The molecule has 4 rings (SSSR count). The predicted octanol–water partition coefficient (Wildman–Crippen LogP) is 4.43. The van der Waals surface area contributed by atoms with Crippen LogP contribution in [0.3, 0.4) is 0 Å². The molecule has 2 heterocycles. The minimum Gasteiger partial charge on any atom is -0.367 e. The van der Waals surface area contributed by atoms with Gasteiger partial charge in [0.15, 0.2) is 0 Å². The topological polar surface area (TPSA) is 52.7 Å². The van der Waals surface area contributed by atoms with Gasteiger partial charge in [0.2, 0.25) is 10.0 Å². The largest absolute Gasteiger partial charge is 0.367 e. The molecule has 0 amide bonds. The van der Waals surface area contributed by atoms with Crippen LogP contribution in [0.2, 0.25) is 0 Å². The third-order valence-electron chi connectivity index (χ3n) is 5.88. The zero-order valence-corrected chi connectivity index (χ0v) is 19.9. The van der Waals surface area contributed by atoms with E-state index < -0.39 is 10.0 Å². The second-order valence-corrected chi connectivity index (χ2v) is 10.9. The van der Waals surface area contributed by atoms with Gasteiger partial charge in [0.1, 0.15) is 5.82 Å². The number of halogens is 1. The Balaban J connectivity index is 1.51. The molecule has 2 aromatic carbocycles. The highest BCUT2D eigenvalue weighted by Gasteiger charge is 2.32. The van der Waals surface area contributed by atoms with Gasteiger partial charge in [-0.15, -0.1) is 11.3 Å². The van der Waals surface area contributed by atoms with Crippen molar-refractivity contribution < 1.29 is 12.8 Å². The molecule has 2 atom stereocenters. The summed E-state index contributed by atoms with van der Waals surface area (Å²) in [6.45, 7) is 6.64. The van der Waals surface area contributed by atoms with Crippen molar-refractivity contribution in [3.8, 4) is 0 Å². The molecular weight excluding hydrogens is 445 g/mol. The molecule has 1 N–H and O–H groups in total. The molecule has 1 saturated heterocycles. The molecule has 0 unspecified atom stereocenters. The van der Waals surface area contributed by atoms with Crippen LogP contribution in [0.1, 0.15) is 23.4 Å². The number of benzene rings is 2. The molecule has 0 spiro atoms. The van der Waals surface area contributed by atoms with E-state index >= 15 is 0 Å². The highest BCUT2D eigenvalue weighted by Crippen LogP contribution is 2.31. The van der Waals surface area contributed by atoms with Crippen LogP contribution in [0, 0.1) is 12.7 Å². The maximum Gasteiger partial charge on any atom is 0.240 e. The SMILES string of the molecule is Cc1ccc(S(=O)(=O)N[C@H](C)[C@H](c2cccs2)N2CCN(c3ccccc3F)CC2)cc1. The minimum atomic E-state index is -3.64. The lowest BCUT2D eigenvalue weighted by atomic mass is 10.1. The molecular formula is C24H28FN3O2S2. The van der Waals surface area contributed by atoms with Crippen molar-refractivity contribution in [2.75, 3.05) is 31.1 Å². The van der Waals surface area contributed by atoms with Crippen LogP contribution in [-0.4, -0.2) is 45.5 Å². The first-order chi connectivity index (χ1) is 15.3. The quantitative estimate of drug-likeness (QED) is 0.552. The standard InChI is InChI=1S/C24H28FN3O2S2/c1-18-9-11-20(12-10-18)32(29,30)26-19(2)24(23-8-5-17-31-23)28-15-13-27(14-16-28)22-7-4-3-6-21(22)25/h3-12,17,19,24,26H,13-16H2,1-2H3/t19-,24-/m1/s1. The van der Waals surface area contributed by atoms with Crippen molar-refractivity contribution >= 4 is 27.0 Å². The molecule has 32 heavy (non-hydrogen) atoms. The van der Waals surface area contributed by atoms with Gasteiger partial charge in [-0.1, -0.05) is 35.9 Å². The van der Waals surface area contributed by atoms with Gasteiger partial charge in [0.25, 0.3) is 0 Å². The first-order valence-electron chi connectivity index (χ1n) is 10.7. The summed E-state index contributed by atoms with van der Waals surface area (Å²) in [6.07, 6.45) is 0. The molecule has 8 heteroatoms. The fourth-order valence-electron chi connectivity index (χ4n) is 4.25. The normalized spacial score (nSPS) is 17.3. The fraction of sp³-hybridized carbons (Fsp3) is 0.333. The van der Waals surface area contributed by atoms with E-state index in [9.17, 15) is 12.8 Å². The first-order valence-corrected chi connectivity index (χ1v) is 13.1. The summed E-state index contributed by atoms with van der Waals surface area (Å²) in [7, 11) is -3.64. The van der Waals surface area contributed by atoms with E-state index in [-0.39, 0.29) is 22.8 Å². The molecule has 0 saturated carbocycles. The van der Waals surface area contributed by atoms with Crippen LogP contribution in [0.5, 0.6) is 0 Å². The average Bonchev–Trinajstić information content (AvgIpc) is 3.29. The highest BCUT2D eigenvalue weighted by molar-refractivity contribution is 7.89. The number of hydrogen-bond acceptors (Lipinski definition) is 5. The van der Waals surface area contributed by atoms with Crippen LogP contribution in [-0.2, 0) is 10.0 Å². The Morgan fingerprint density at radius 2 is 1.66 bits per heavy atom. The minimum absolute atomic E-state index is 0.0991. The summed E-state index contributed by atoms with van der Waals surface area (Å²) in [5.41, 5.74) is 1.63. The van der Waals surface area contributed by atoms with Gasteiger partial charge in [-0.3, -0.25) is 4.90 Å². The summed E-state index contributed by atoms with van der Waals surface area (Å²) < 4.78 is 43.1. The number of anilines is 1. The molecule has 3 aromatic rings. The second kappa shape index (κ2) is 9.70. The van der Waals surface area contributed by atoms with E-state index in [4.69, 9.17) is 0 Å². The lowest BCUT2D eigenvalue weighted by Crippen LogP contribution is -2.52. The lowest BCUT2D eigenvalue weighted by molar-refractivity contribution is 0.163. The van der Waals surface area contributed by atoms with Gasteiger partial charge in [-0.2, -0.15) is 0 Å². The Bertz CT molecular complexity index is 1130. The number of nitrogens with zero attached hydrogens (tertiary/aromatic N) is 2. The molecule has 5 nitrogen and oxygen atoms in total. The van der Waals surface area contributed by atoms with Crippen molar-refractivity contribution in [2.45, 2.75) is 30.8 Å². The van der Waals surface area contributed by atoms with Crippen LogP contribution in [0.15, 0.2) is 70.9 Å². The van der Waals surface area contributed by atoms with Crippen molar-refractivity contribution in [3.05, 3.63) is 82.3 Å². The van der Waals surface area contributed by atoms with Gasteiger partial charge in [-0.05, 0) is 49.6 Å². The molecule has 0 bridgehead atoms. The van der Waals surface area contributed by atoms with Gasteiger partial charge in [-0.25, -0.2) is 17.5 Å². The number of para-hydroxylation sites is 1. The number of piperazine rings is 1. The van der Waals surface area contributed by atoms with Gasteiger partial charge in [0.05, 0.1) is 16.6 Å². The highest BCUT2D eigenvalue weighted by atomic mass is 32.2. The maximum absolute atomic E-state index is 14.2. The smallest absolute Gasteiger partial charge is 0.240 e. The second-order valence-electron chi connectivity index (χ2n) is 8.16. The van der Waals surface area contributed by atoms with Crippen LogP contribution < -0.4 is 9.62 Å². The number of aryl methyl sites for hydroxylation is 1. The van der Waals surface area contributed by atoms with E-state index in [2.05, 4.69) is 20.6 Å². The van der Waals surface area contributed by atoms with Crippen molar-refractivity contribution in [2.24, 2.45) is 0 Å². The van der Waals surface area contributed by atoms with E-state index in [0.29, 0.717) is 31.9 Å². The van der Waals surface area contributed by atoms with Crippen LogP contribution >= 0.6 is 11.3 Å². The third kappa shape index (κ3) is 5.04. The summed E-state index contributed by atoms with van der Waals surface area (Å²) in [4.78, 5) is 5.73. The Kier molecular flexibility index (Phi) is 6.95. The molecule has 1 fully saturated rings. The molecule has 0 radical (unpaired) electrons. The van der Waals surface area contributed by atoms with E-state index in [1.807, 2.05) is 31.4 Å². The summed E-state index contributed by atoms with van der Waals surface area (Å²) >= 11 is 1.63. The predicted molar refractivity (Wildman–Crippen MR) is 128 cm³/mol. The maximum atomic E-state index is 14.2.